The number of carbonyl (C=O) groups excluding carboxylic acids is 2. The molecule has 2 aromatic rings. The van der Waals surface area contributed by atoms with Gasteiger partial charge in [0.1, 0.15) is 11.5 Å². The fraction of sp³-hybridized carbons (Fsp3) is 0.381. The lowest BCUT2D eigenvalue weighted by Gasteiger charge is -2.28. The van der Waals surface area contributed by atoms with Gasteiger partial charge in [-0.15, -0.1) is 0 Å². The summed E-state index contributed by atoms with van der Waals surface area (Å²) in [7, 11) is 3.19. The Bertz CT molecular complexity index is 873. The molecule has 2 heterocycles. The van der Waals surface area contributed by atoms with Crippen LogP contribution in [0.25, 0.3) is 0 Å². The number of pyridine rings is 1. The minimum Gasteiger partial charge on any atom is -0.497 e. The molecule has 0 atom stereocenters. The fourth-order valence-electron chi connectivity index (χ4n) is 3.17. The summed E-state index contributed by atoms with van der Waals surface area (Å²) < 4.78 is 10.6. The molecule has 2 amide bonds. The molecule has 7 heteroatoms. The summed E-state index contributed by atoms with van der Waals surface area (Å²) in [5.41, 5.74) is 1.45. The first-order valence-electron chi connectivity index (χ1n) is 9.12. The van der Waals surface area contributed by atoms with Gasteiger partial charge in [-0.05, 0) is 44.0 Å². The lowest BCUT2D eigenvalue weighted by molar-refractivity contribution is -0.124. The smallest absolute Gasteiger partial charge is 0.231 e. The van der Waals surface area contributed by atoms with E-state index in [2.05, 4.69) is 10.3 Å². The molecule has 28 heavy (non-hydrogen) atoms. The predicted octanol–water partition coefficient (Wildman–Crippen LogP) is 3.04. The number of aromatic nitrogens is 1. The molecule has 1 aliphatic rings. The van der Waals surface area contributed by atoms with Crippen molar-refractivity contribution in [2.75, 3.05) is 31.0 Å². The third-order valence-electron chi connectivity index (χ3n) is 4.85. The number of carbonyl (C=O) groups is 2. The van der Waals surface area contributed by atoms with Gasteiger partial charge in [0.05, 0.1) is 37.2 Å². The highest BCUT2D eigenvalue weighted by Gasteiger charge is 2.36. The van der Waals surface area contributed by atoms with E-state index in [0.29, 0.717) is 29.3 Å². The quantitative estimate of drug-likeness (QED) is 0.858. The summed E-state index contributed by atoms with van der Waals surface area (Å²) in [6.45, 7) is 3.95. The Hall–Kier alpha value is -3.09. The highest BCUT2D eigenvalue weighted by atomic mass is 16.5. The number of aryl methyl sites for hydroxylation is 1. The van der Waals surface area contributed by atoms with E-state index in [9.17, 15) is 9.59 Å². The van der Waals surface area contributed by atoms with Crippen molar-refractivity contribution in [1.29, 1.82) is 0 Å². The average Bonchev–Trinajstić information content (AvgIpc) is 2.80. The number of fused-ring (bicyclic) bond motifs is 1. The second-order valence-corrected chi connectivity index (χ2v) is 7.43. The van der Waals surface area contributed by atoms with E-state index in [4.69, 9.17) is 9.47 Å². The standard InChI is InChI=1S/C21H25N3O4/c1-21(2)13-24(18-12-22-8-7-17(18)23-20(21)26)19(25)6-5-14-9-15(27-3)11-16(10-14)28-4/h7-12H,5-6,13H2,1-4H3,(H,23,26). The summed E-state index contributed by atoms with van der Waals surface area (Å²) in [6, 6.07) is 7.29. The van der Waals surface area contributed by atoms with Crippen molar-refractivity contribution in [3.05, 3.63) is 42.2 Å². The molecule has 0 radical (unpaired) electrons. The summed E-state index contributed by atoms with van der Waals surface area (Å²) in [5.74, 6) is 1.18. The maximum absolute atomic E-state index is 13.1. The van der Waals surface area contributed by atoms with Gasteiger partial charge >= 0.3 is 0 Å². The van der Waals surface area contributed by atoms with Crippen LogP contribution in [0.3, 0.4) is 0 Å². The van der Waals surface area contributed by atoms with Gasteiger partial charge in [0.15, 0.2) is 0 Å². The van der Waals surface area contributed by atoms with Crippen LogP contribution in [0, 0.1) is 5.41 Å². The van der Waals surface area contributed by atoms with E-state index in [-0.39, 0.29) is 24.8 Å². The fourth-order valence-corrected chi connectivity index (χ4v) is 3.17. The number of methoxy groups -OCH3 is 2. The predicted molar refractivity (Wildman–Crippen MR) is 107 cm³/mol. The Morgan fingerprint density at radius 3 is 2.54 bits per heavy atom. The SMILES string of the molecule is COc1cc(CCC(=O)N2CC(C)(C)C(=O)Nc3ccncc32)cc(OC)c1. The molecule has 0 bridgehead atoms. The average molecular weight is 383 g/mol. The van der Waals surface area contributed by atoms with Gasteiger partial charge in [-0.25, -0.2) is 0 Å². The molecule has 3 rings (SSSR count). The molecule has 0 spiro atoms. The van der Waals surface area contributed by atoms with E-state index in [1.807, 2.05) is 26.0 Å². The van der Waals surface area contributed by atoms with Crippen molar-refractivity contribution in [1.82, 2.24) is 4.98 Å². The zero-order valence-corrected chi connectivity index (χ0v) is 16.6. The van der Waals surface area contributed by atoms with E-state index < -0.39 is 5.41 Å². The Morgan fingerprint density at radius 2 is 1.89 bits per heavy atom. The topological polar surface area (TPSA) is 80.8 Å². The van der Waals surface area contributed by atoms with Crippen LogP contribution in [0.1, 0.15) is 25.8 Å². The van der Waals surface area contributed by atoms with Crippen LogP contribution in [0.15, 0.2) is 36.7 Å². The number of amides is 2. The van der Waals surface area contributed by atoms with Gasteiger partial charge in [0.25, 0.3) is 0 Å². The van der Waals surface area contributed by atoms with Gasteiger partial charge in [-0.1, -0.05) is 0 Å². The summed E-state index contributed by atoms with van der Waals surface area (Å²) in [5, 5.41) is 2.90. The Labute approximate surface area is 164 Å². The number of hydrogen-bond acceptors (Lipinski definition) is 5. The lowest BCUT2D eigenvalue weighted by atomic mass is 9.92. The number of nitrogens with zero attached hydrogens (tertiary/aromatic N) is 2. The minimum atomic E-state index is -0.714. The maximum Gasteiger partial charge on any atom is 0.231 e. The van der Waals surface area contributed by atoms with E-state index in [1.54, 1.807) is 43.6 Å². The summed E-state index contributed by atoms with van der Waals surface area (Å²) in [6.07, 6.45) is 4.03. The number of benzene rings is 1. The van der Waals surface area contributed by atoms with Gasteiger partial charge in [0, 0.05) is 25.2 Å². The van der Waals surface area contributed by atoms with Crippen LogP contribution in [0.4, 0.5) is 11.4 Å². The molecule has 0 unspecified atom stereocenters. The number of anilines is 2. The highest BCUT2D eigenvalue weighted by molar-refractivity contribution is 6.05. The second-order valence-electron chi connectivity index (χ2n) is 7.43. The van der Waals surface area contributed by atoms with Gasteiger partial charge < -0.3 is 19.7 Å². The number of ether oxygens (including phenoxy) is 2. The molecule has 0 fully saturated rings. The molecule has 1 aromatic heterocycles. The third-order valence-corrected chi connectivity index (χ3v) is 4.85. The van der Waals surface area contributed by atoms with Crippen LogP contribution < -0.4 is 19.7 Å². The number of hydrogen-bond donors (Lipinski definition) is 1. The van der Waals surface area contributed by atoms with Crippen LogP contribution in [-0.2, 0) is 16.0 Å². The lowest BCUT2D eigenvalue weighted by Crippen LogP contribution is -2.42. The Kier molecular flexibility index (Phi) is 5.53. The first kappa shape index (κ1) is 19.7. The number of nitrogens with one attached hydrogen (secondary N) is 1. The van der Waals surface area contributed by atoms with Crippen molar-refractivity contribution in [3.63, 3.8) is 0 Å². The molecule has 1 aliphatic heterocycles. The maximum atomic E-state index is 13.1. The number of rotatable bonds is 5. The Balaban J connectivity index is 1.82. The molecule has 0 saturated carbocycles. The van der Waals surface area contributed by atoms with E-state index >= 15 is 0 Å². The van der Waals surface area contributed by atoms with Crippen molar-refractivity contribution >= 4 is 23.2 Å². The zero-order chi connectivity index (χ0) is 20.3. The molecular formula is C21H25N3O4. The van der Waals surface area contributed by atoms with Crippen molar-refractivity contribution < 1.29 is 19.1 Å². The van der Waals surface area contributed by atoms with Crippen LogP contribution >= 0.6 is 0 Å². The van der Waals surface area contributed by atoms with Crippen molar-refractivity contribution in [2.45, 2.75) is 26.7 Å². The van der Waals surface area contributed by atoms with Gasteiger partial charge in [-0.2, -0.15) is 0 Å². The summed E-state index contributed by atoms with van der Waals surface area (Å²) >= 11 is 0. The molecule has 1 aromatic carbocycles. The van der Waals surface area contributed by atoms with Crippen molar-refractivity contribution in [2.24, 2.45) is 5.41 Å². The monoisotopic (exact) mass is 383 g/mol. The summed E-state index contributed by atoms with van der Waals surface area (Å²) in [4.78, 5) is 31.4. The second kappa shape index (κ2) is 7.88. The molecular weight excluding hydrogens is 358 g/mol. The highest BCUT2D eigenvalue weighted by Crippen LogP contribution is 2.34. The Morgan fingerprint density at radius 1 is 1.21 bits per heavy atom. The normalized spacial score (nSPS) is 15.3. The van der Waals surface area contributed by atoms with Gasteiger partial charge in [-0.3, -0.25) is 14.6 Å². The molecule has 0 aliphatic carbocycles. The zero-order valence-electron chi connectivity index (χ0n) is 16.6. The van der Waals surface area contributed by atoms with E-state index in [0.717, 1.165) is 5.56 Å². The molecule has 148 valence electrons. The molecule has 7 nitrogen and oxygen atoms in total. The van der Waals surface area contributed by atoms with Gasteiger partial charge in [0.2, 0.25) is 11.8 Å². The van der Waals surface area contributed by atoms with Crippen molar-refractivity contribution in [3.8, 4) is 11.5 Å². The third kappa shape index (κ3) is 4.08. The molecule has 1 N–H and O–H groups in total. The first-order valence-corrected chi connectivity index (χ1v) is 9.12. The van der Waals surface area contributed by atoms with Crippen LogP contribution in [-0.4, -0.2) is 37.6 Å². The van der Waals surface area contributed by atoms with Crippen LogP contribution in [0.2, 0.25) is 0 Å². The van der Waals surface area contributed by atoms with Crippen LogP contribution in [0.5, 0.6) is 11.5 Å². The first-order chi connectivity index (χ1) is 13.3. The minimum absolute atomic E-state index is 0.0689. The largest absolute Gasteiger partial charge is 0.497 e. The van der Waals surface area contributed by atoms with E-state index in [1.165, 1.54) is 0 Å². The molecule has 0 saturated heterocycles.